The summed E-state index contributed by atoms with van der Waals surface area (Å²) in [7, 11) is 2.01. The molecule has 0 amide bonds. The van der Waals surface area contributed by atoms with E-state index in [0.29, 0.717) is 6.04 Å². The maximum atomic E-state index is 4.35. The van der Waals surface area contributed by atoms with E-state index in [2.05, 4.69) is 42.3 Å². The molecule has 1 N–H and O–H groups in total. The van der Waals surface area contributed by atoms with Crippen molar-refractivity contribution in [3.05, 3.63) is 51.5 Å². The molecule has 0 saturated carbocycles. The molecule has 17 heavy (non-hydrogen) atoms. The van der Waals surface area contributed by atoms with Crippen LogP contribution in [0.1, 0.15) is 27.7 Å². The second-order valence-electron chi connectivity index (χ2n) is 4.31. The minimum atomic E-state index is 0.348. The fourth-order valence-electron chi connectivity index (χ4n) is 1.90. The van der Waals surface area contributed by atoms with Gasteiger partial charge in [-0.05, 0) is 37.6 Å². The third kappa shape index (κ3) is 2.93. The maximum absolute atomic E-state index is 4.35. The van der Waals surface area contributed by atoms with Crippen molar-refractivity contribution in [1.82, 2.24) is 10.3 Å². The van der Waals surface area contributed by atoms with Gasteiger partial charge < -0.3 is 5.32 Å². The van der Waals surface area contributed by atoms with E-state index >= 15 is 0 Å². The van der Waals surface area contributed by atoms with Crippen molar-refractivity contribution >= 4 is 11.3 Å². The summed E-state index contributed by atoms with van der Waals surface area (Å²) in [4.78, 5) is 4.35. The molecular formula is C14H18N2S. The second-order valence-corrected chi connectivity index (χ2v) is 5.29. The minimum Gasteiger partial charge on any atom is -0.313 e. The number of hydrogen-bond acceptors (Lipinski definition) is 3. The molecule has 1 aromatic heterocycles. The molecule has 2 rings (SSSR count). The van der Waals surface area contributed by atoms with Crippen LogP contribution in [0.4, 0.5) is 0 Å². The van der Waals surface area contributed by atoms with Gasteiger partial charge in [-0.1, -0.05) is 18.2 Å². The Balaban J connectivity index is 2.20. The van der Waals surface area contributed by atoms with Crippen LogP contribution in [0.25, 0.3) is 0 Å². The Bertz CT molecular complexity index is 477. The molecule has 1 atom stereocenters. The Kier molecular flexibility index (Phi) is 3.92. The van der Waals surface area contributed by atoms with Gasteiger partial charge in [0, 0.05) is 24.0 Å². The summed E-state index contributed by atoms with van der Waals surface area (Å²) in [5.74, 6) is 0. The number of likely N-dealkylation sites (N-methyl/N-ethyl adjacent to an activating group) is 1. The Hall–Kier alpha value is -1.19. The first kappa shape index (κ1) is 12.3. The summed E-state index contributed by atoms with van der Waals surface area (Å²) in [6.07, 6.45) is 2.82. The van der Waals surface area contributed by atoms with Crippen LogP contribution in [-0.2, 0) is 6.42 Å². The molecular weight excluding hydrogens is 228 g/mol. The predicted molar refractivity (Wildman–Crippen MR) is 73.5 cm³/mol. The molecule has 0 fully saturated rings. The molecule has 0 spiro atoms. The monoisotopic (exact) mass is 246 g/mol. The van der Waals surface area contributed by atoms with Crippen LogP contribution < -0.4 is 5.32 Å². The van der Waals surface area contributed by atoms with Gasteiger partial charge in [-0.15, -0.1) is 11.3 Å². The Morgan fingerprint density at radius 1 is 1.29 bits per heavy atom. The highest BCUT2D eigenvalue weighted by Crippen LogP contribution is 2.21. The van der Waals surface area contributed by atoms with Gasteiger partial charge in [-0.2, -0.15) is 0 Å². The summed E-state index contributed by atoms with van der Waals surface area (Å²) in [5.41, 5.74) is 4.03. The number of nitrogens with zero attached hydrogens (tertiary/aromatic N) is 1. The van der Waals surface area contributed by atoms with Crippen molar-refractivity contribution in [1.29, 1.82) is 0 Å². The standard InChI is InChI=1S/C14H18N2S/c1-10-4-5-12(8-11(10)2)13(15-3)9-14-16-6-7-17-14/h4-8,13,15H,9H2,1-3H3. The van der Waals surface area contributed by atoms with Crippen molar-refractivity contribution in [3.8, 4) is 0 Å². The summed E-state index contributed by atoms with van der Waals surface area (Å²) < 4.78 is 0. The van der Waals surface area contributed by atoms with Crippen molar-refractivity contribution in [2.75, 3.05) is 7.05 Å². The van der Waals surface area contributed by atoms with Gasteiger partial charge in [-0.25, -0.2) is 4.98 Å². The van der Waals surface area contributed by atoms with E-state index in [0.717, 1.165) is 6.42 Å². The van der Waals surface area contributed by atoms with Crippen molar-refractivity contribution in [3.63, 3.8) is 0 Å². The highest BCUT2D eigenvalue weighted by Gasteiger charge is 2.12. The van der Waals surface area contributed by atoms with E-state index < -0.39 is 0 Å². The van der Waals surface area contributed by atoms with Gasteiger partial charge in [0.1, 0.15) is 0 Å². The molecule has 0 radical (unpaired) electrons. The van der Waals surface area contributed by atoms with Crippen LogP contribution in [0.15, 0.2) is 29.8 Å². The Labute approximate surface area is 107 Å². The largest absolute Gasteiger partial charge is 0.313 e. The van der Waals surface area contributed by atoms with E-state index in [1.165, 1.54) is 21.7 Å². The number of aromatic nitrogens is 1. The molecule has 0 bridgehead atoms. The molecule has 90 valence electrons. The van der Waals surface area contributed by atoms with Gasteiger partial charge in [0.15, 0.2) is 0 Å². The third-order valence-corrected chi connectivity index (χ3v) is 3.95. The molecule has 2 aromatic rings. The fourth-order valence-corrected chi connectivity index (χ4v) is 2.56. The van der Waals surface area contributed by atoms with E-state index in [9.17, 15) is 0 Å². The van der Waals surface area contributed by atoms with Crippen LogP contribution in [0.5, 0.6) is 0 Å². The van der Waals surface area contributed by atoms with Crippen LogP contribution in [-0.4, -0.2) is 12.0 Å². The van der Waals surface area contributed by atoms with Crippen LogP contribution in [0.3, 0.4) is 0 Å². The zero-order valence-electron chi connectivity index (χ0n) is 10.5. The first-order valence-corrected chi connectivity index (χ1v) is 6.71. The summed E-state index contributed by atoms with van der Waals surface area (Å²) in [6.45, 7) is 4.31. The first-order chi connectivity index (χ1) is 8.20. The van der Waals surface area contributed by atoms with E-state index in [-0.39, 0.29) is 0 Å². The van der Waals surface area contributed by atoms with Crippen LogP contribution in [0, 0.1) is 13.8 Å². The number of aryl methyl sites for hydroxylation is 2. The van der Waals surface area contributed by atoms with Crippen LogP contribution >= 0.6 is 11.3 Å². The lowest BCUT2D eigenvalue weighted by Gasteiger charge is -2.16. The van der Waals surface area contributed by atoms with E-state index in [1.807, 2.05) is 18.6 Å². The average molecular weight is 246 g/mol. The number of rotatable bonds is 4. The first-order valence-electron chi connectivity index (χ1n) is 5.83. The maximum Gasteiger partial charge on any atom is 0.0943 e. The number of thiazole rings is 1. The molecule has 1 heterocycles. The van der Waals surface area contributed by atoms with Gasteiger partial charge in [0.25, 0.3) is 0 Å². The van der Waals surface area contributed by atoms with Crippen molar-refractivity contribution in [2.45, 2.75) is 26.3 Å². The highest BCUT2D eigenvalue weighted by molar-refractivity contribution is 7.09. The lowest BCUT2D eigenvalue weighted by Crippen LogP contribution is -2.18. The zero-order chi connectivity index (χ0) is 12.3. The number of nitrogens with one attached hydrogen (secondary N) is 1. The summed E-state index contributed by atoms with van der Waals surface area (Å²) in [6, 6.07) is 7.01. The number of benzene rings is 1. The predicted octanol–water partition coefficient (Wildman–Crippen LogP) is 3.26. The molecule has 1 aromatic carbocycles. The lowest BCUT2D eigenvalue weighted by molar-refractivity contribution is 0.590. The fraction of sp³-hybridized carbons (Fsp3) is 0.357. The summed E-state index contributed by atoms with van der Waals surface area (Å²) >= 11 is 1.72. The van der Waals surface area contributed by atoms with Gasteiger partial charge in [0.2, 0.25) is 0 Å². The Morgan fingerprint density at radius 2 is 2.12 bits per heavy atom. The lowest BCUT2D eigenvalue weighted by atomic mass is 9.99. The van der Waals surface area contributed by atoms with Gasteiger partial charge in [-0.3, -0.25) is 0 Å². The number of hydrogen-bond donors (Lipinski definition) is 1. The molecule has 0 saturated heterocycles. The zero-order valence-corrected chi connectivity index (χ0v) is 11.3. The SMILES string of the molecule is CNC(Cc1nccs1)c1ccc(C)c(C)c1. The Morgan fingerprint density at radius 3 is 2.71 bits per heavy atom. The molecule has 3 heteroatoms. The molecule has 0 aliphatic heterocycles. The molecule has 0 aliphatic rings. The van der Waals surface area contributed by atoms with Crippen molar-refractivity contribution in [2.24, 2.45) is 0 Å². The topological polar surface area (TPSA) is 24.9 Å². The quantitative estimate of drug-likeness (QED) is 0.895. The molecule has 1 unspecified atom stereocenters. The van der Waals surface area contributed by atoms with E-state index in [1.54, 1.807) is 11.3 Å². The van der Waals surface area contributed by atoms with Crippen LogP contribution in [0.2, 0.25) is 0 Å². The average Bonchev–Trinajstić information content (AvgIpc) is 2.82. The molecule has 0 aliphatic carbocycles. The molecule has 2 nitrogen and oxygen atoms in total. The van der Waals surface area contributed by atoms with Crippen molar-refractivity contribution < 1.29 is 0 Å². The van der Waals surface area contributed by atoms with Gasteiger partial charge in [0.05, 0.1) is 5.01 Å². The highest BCUT2D eigenvalue weighted by atomic mass is 32.1. The smallest absolute Gasteiger partial charge is 0.0943 e. The van der Waals surface area contributed by atoms with Gasteiger partial charge >= 0.3 is 0 Å². The summed E-state index contributed by atoms with van der Waals surface area (Å²) in [5, 5.41) is 6.58. The third-order valence-electron chi connectivity index (χ3n) is 3.14. The normalized spacial score (nSPS) is 12.6. The second kappa shape index (κ2) is 5.43. The van der Waals surface area contributed by atoms with E-state index in [4.69, 9.17) is 0 Å². The minimum absolute atomic E-state index is 0.348.